The third-order valence-electron chi connectivity index (χ3n) is 3.38. The molecule has 0 spiro atoms. The molecule has 0 aromatic carbocycles. The van der Waals surface area contributed by atoms with Gasteiger partial charge in [0.2, 0.25) is 10.0 Å². The largest absolute Gasteiger partial charge is 0.379 e. The van der Waals surface area contributed by atoms with Crippen molar-refractivity contribution in [2.45, 2.75) is 12.5 Å². The first-order chi connectivity index (χ1) is 8.57. The summed E-state index contributed by atoms with van der Waals surface area (Å²) < 4.78 is 30.8. The summed E-state index contributed by atoms with van der Waals surface area (Å²) in [5.41, 5.74) is 0. The molecule has 0 aromatic heterocycles. The zero-order valence-corrected chi connectivity index (χ0v) is 12.5. The van der Waals surface area contributed by atoms with E-state index < -0.39 is 10.0 Å². The molecule has 0 radical (unpaired) electrons. The normalized spacial score (nSPS) is 29.1. The predicted octanol–water partition coefficient (Wildman–Crippen LogP) is 0.0857. The van der Waals surface area contributed by atoms with E-state index in [1.807, 2.05) is 11.8 Å². The van der Waals surface area contributed by atoms with Gasteiger partial charge in [0.15, 0.2) is 0 Å². The van der Waals surface area contributed by atoms with Gasteiger partial charge >= 0.3 is 0 Å². The monoisotopic (exact) mass is 294 g/mol. The van der Waals surface area contributed by atoms with Crippen LogP contribution in [0.2, 0.25) is 0 Å². The molecule has 0 aromatic rings. The number of nitrogens with zero attached hydrogens (tertiary/aromatic N) is 2. The minimum Gasteiger partial charge on any atom is -0.379 e. The molecule has 0 amide bonds. The second-order valence-electron chi connectivity index (χ2n) is 4.87. The van der Waals surface area contributed by atoms with Crippen LogP contribution < -0.4 is 0 Å². The first-order valence-corrected chi connectivity index (χ1v) is 9.42. The summed E-state index contributed by atoms with van der Waals surface area (Å²) in [6.07, 6.45) is 2.28. The van der Waals surface area contributed by atoms with Crippen molar-refractivity contribution < 1.29 is 13.2 Å². The second-order valence-corrected chi connectivity index (χ2v) is 7.95. The molecular weight excluding hydrogens is 272 g/mol. The van der Waals surface area contributed by atoms with Crippen molar-refractivity contribution in [3.8, 4) is 0 Å². The van der Waals surface area contributed by atoms with E-state index in [1.165, 1.54) is 6.26 Å². The van der Waals surface area contributed by atoms with Gasteiger partial charge in [-0.05, 0) is 12.2 Å². The Hall–Kier alpha value is 0.180. The van der Waals surface area contributed by atoms with Gasteiger partial charge in [-0.3, -0.25) is 4.90 Å². The highest BCUT2D eigenvalue weighted by Crippen LogP contribution is 2.20. The van der Waals surface area contributed by atoms with Crippen LogP contribution in [0.3, 0.4) is 0 Å². The van der Waals surface area contributed by atoms with Gasteiger partial charge in [0, 0.05) is 38.0 Å². The van der Waals surface area contributed by atoms with Gasteiger partial charge in [-0.25, -0.2) is 8.42 Å². The van der Waals surface area contributed by atoms with Gasteiger partial charge < -0.3 is 4.74 Å². The van der Waals surface area contributed by atoms with Gasteiger partial charge in [0.25, 0.3) is 0 Å². The van der Waals surface area contributed by atoms with Gasteiger partial charge in [0.1, 0.15) is 0 Å². The summed E-state index contributed by atoms with van der Waals surface area (Å²) in [6, 6.07) is 0.116. The molecule has 106 valence electrons. The number of ether oxygens (including phenoxy) is 1. The summed E-state index contributed by atoms with van der Waals surface area (Å²) in [5.74, 6) is 1.97. The second kappa shape index (κ2) is 6.56. The summed E-state index contributed by atoms with van der Waals surface area (Å²) >= 11 is 1.87. The predicted molar refractivity (Wildman–Crippen MR) is 74.5 cm³/mol. The van der Waals surface area contributed by atoms with Crippen molar-refractivity contribution in [3.63, 3.8) is 0 Å². The zero-order chi connectivity index (χ0) is 13.0. The number of rotatable bonds is 3. The molecule has 1 atom stereocenters. The molecule has 5 nitrogen and oxygen atoms in total. The lowest BCUT2D eigenvalue weighted by molar-refractivity contribution is 0.0309. The highest BCUT2D eigenvalue weighted by Gasteiger charge is 2.30. The Bertz CT molecular complexity index is 355. The third kappa shape index (κ3) is 4.09. The fourth-order valence-electron chi connectivity index (χ4n) is 2.47. The zero-order valence-electron chi connectivity index (χ0n) is 10.9. The Kier molecular flexibility index (Phi) is 5.32. The molecule has 2 fully saturated rings. The average molecular weight is 294 g/mol. The van der Waals surface area contributed by atoms with Crippen molar-refractivity contribution >= 4 is 21.8 Å². The maximum absolute atomic E-state index is 11.9. The van der Waals surface area contributed by atoms with Gasteiger partial charge in [-0.2, -0.15) is 16.1 Å². The summed E-state index contributed by atoms with van der Waals surface area (Å²) in [6.45, 7) is 4.86. The lowest BCUT2D eigenvalue weighted by Gasteiger charge is -2.34. The number of morpholine rings is 1. The van der Waals surface area contributed by atoms with Crippen LogP contribution in [0.25, 0.3) is 0 Å². The molecule has 18 heavy (non-hydrogen) atoms. The standard InChI is InChI=1S/C11H22N2O3S2/c1-18(14,15)13-3-2-8-17-10-11(13)9-12-4-6-16-7-5-12/h11H,2-10H2,1H3. The van der Waals surface area contributed by atoms with Crippen molar-refractivity contribution in [2.24, 2.45) is 0 Å². The SMILES string of the molecule is CS(=O)(=O)N1CCCSCC1CN1CCOCC1. The number of thioether (sulfide) groups is 1. The minimum absolute atomic E-state index is 0.116. The van der Waals surface area contributed by atoms with Crippen LogP contribution in [-0.2, 0) is 14.8 Å². The van der Waals surface area contributed by atoms with Crippen LogP contribution in [0.4, 0.5) is 0 Å². The Labute approximate surface area is 114 Å². The molecule has 2 heterocycles. The van der Waals surface area contributed by atoms with Crippen molar-refractivity contribution in [3.05, 3.63) is 0 Å². The van der Waals surface area contributed by atoms with Crippen LogP contribution in [-0.4, -0.2) is 80.8 Å². The van der Waals surface area contributed by atoms with E-state index in [0.29, 0.717) is 6.54 Å². The molecule has 0 bridgehead atoms. The summed E-state index contributed by atoms with van der Waals surface area (Å²) in [5, 5.41) is 0. The highest BCUT2D eigenvalue weighted by molar-refractivity contribution is 7.99. The van der Waals surface area contributed by atoms with Crippen LogP contribution in [0, 0.1) is 0 Å². The van der Waals surface area contributed by atoms with Gasteiger partial charge in [0.05, 0.1) is 19.5 Å². The van der Waals surface area contributed by atoms with Crippen LogP contribution in [0.15, 0.2) is 0 Å². The Morgan fingerprint density at radius 3 is 2.67 bits per heavy atom. The topological polar surface area (TPSA) is 49.9 Å². The van der Waals surface area contributed by atoms with Crippen molar-refractivity contribution in [1.82, 2.24) is 9.21 Å². The van der Waals surface area contributed by atoms with Crippen molar-refractivity contribution in [1.29, 1.82) is 0 Å². The highest BCUT2D eigenvalue weighted by atomic mass is 32.2. The Morgan fingerprint density at radius 2 is 2.00 bits per heavy atom. The fraction of sp³-hybridized carbons (Fsp3) is 1.00. The molecule has 2 aliphatic rings. The minimum atomic E-state index is -3.09. The number of sulfonamides is 1. The van der Waals surface area contributed by atoms with E-state index in [1.54, 1.807) is 4.31 Å². The average Bonchev–Trinajstić information content (AvgIpc) is 2.55. The van der Waals surface area contributed by atoms with Crippen molar-refractivity contribution in [2.75, 3.05) is 57.2 Å². The van der Waals surface area contributed by atoms with E-state index in [4.69, 9.17) is 4.74 Å². The van der Waals surface area contributed by atoms with E-state index >= 15 is 0 Å². The molecule has 7 heteroatoms. The van der Waals surface area contributed by atoms with E-state index in [-0.39, 0.29) is 6.04 Å². The maximum Gasteiger partial charge on any atom is 0.211 e. The van der Waals surface area contributed by atoms with Crippen LogP contribution in [0.5, 0.6) is 0 Å². The van der Waals surface area contributed by atoms with Crippen LogP contribution in [0.1, 0.15) is 6.42 Å². The summed E-state index contributed by atoms with van der Waals surface area (Å²) in [4.78, 5) is 2.32. The van der Waals surface area contributed by atoms with Crippen LogP contribution >= 0.6 is 11.8 Å². The lowest BCUT2D eigenvalue weighted by atomic mass is 10.2. The van der Waals surface area contributed by atoms with Gasteiger partial charge in [-0.1, -0.05) is 0 Å². The van der Waals surface area contributed by atoms with Gasteiger partial charge in [-0.15, -0.1) is 0 Å². The molecule has 0 N–H and O–H groups in total. The fourth-order valence-corrected chi connectivity index (χ4v) is 4.76. The molecular formula is C11H22N2O3S2. The summed E-state index contributed by atoms with van der Waals surface area (Å²) in [7, 11) is -3.09. The molecule has 2 rings (SSSR count). The van der Waals surface area contributed by atoms with E-state index in [2.05, 4.69) is 4.90 Å². The molecule has 2 aliphatic heterocycles. The third-order valence-corrected chi connectivity index (χ3v) is 5.91. The Balaban J connectivity index is 2.01. The van der Waals surface area contributed by atoms with E-state index in [9.17, 15) is 8.42 Å². The molecule has 0 aliphatic carbocycles. The Morgan fingerprint density at radius 1 is 1.28 bits per heavy atom. The number of hydrogen-bond donors (Lipinski definition) is 0. The first kappa shape index (κ1) is 14.6. The van der Waals surface area contributed by atoms with E-state index in [0.717, 1.165) is 50.8 Å². The quantitative estimate of drug-likeness (QED) is 0.738. The smallest absolute Gasteiger partial charge is 0.211 e. The molecule has 0 saturated carbocycles. The lowest BCUT2D eigenvalue weighted by Crippen LogP contribution is -2.50. The molecule has 1 unspecified atom stereocenters. The first-order valence-electron chi connectivity index (χ1n) is 6.42. The number of hydrogen-bond acceptors (Lipinski definition) is 5. The molecule has 2 saturated heterocycles. The maximum atomic E-state index is 11.9.